The summed E-state index contributed by atoms with van der Waals surface area (Å²) in [5.41, 5.74) is 1.72. The lowest BCUT2D eigenvalue weighted by Gasteiger charge is -2.07. The third-order valence-electron chi connectivity index (χ3n) is 2.95. The van der Waals surface area contributed by atoms with Crippen LogP contribution in [0.2, 0.25) is 5.15 Å². The Balaban J connectivity index is 1.84. The number of pyridine rings is 1. The topological polar surface area (TPSA) is 22.1 Å². The average molecular weight is 288 g/mol. The minimum Gasteiger partial charge on any atom is -0.489 e. The lowest BCUT2D eigenvalue weighted by atomic mass is 10.2. The maximum Gasteiger partial charge on any atom is 0.165 e. The Morgan fingerprint density at radius 1 is 1.05 bits per heavy atom. The fraction of sp³-hybridized carbons (Fsp3) is 0.0625. The second kappa shape index (κ2) is 5.47. The van der Waals surface area contributed by atoms with E-state index in [0.717, 1.165) is 5.56 Å². The van der Waals surface area contributed by atoms with Crippen molar-refractivity contribution >= 4 is 22.5 Å². The quantitative estimate of drug-likeness (QED) is 0.657. The molecule has 2 aromatic carbocycles. The van der Waals surface area contributed by atoms with Crippen molar-refractivity contribution in [3.05, 3.63) is 71.1 Å². The molecule has 0 aliphatic heterocycles. The second-order valence-corrected chi connectivity index (χ2v) is 4.75. The molecule has 0 N–H and O–H groups in total. The number of ether oxygens (including phenoxy) is 1. The smallest absolute Gasteiger partial charge is 0.165 e. The first-order valence-corrected chi connectivity index (χ1v) is 6.53. The van der Waals surface area contributed by atoms with Crippen LogP contribution in [-0.2, 0) is 6.61 Å². The van der Waals surface area contributed by atoms with E-state index in [1.807, 2.05) is 30.3 Å². The van der Waals surface area contributed by atoms with Gasteiger partial charge in [-0.2, -0.15) is 0 Å². The van der Waals surface area contributed by atoms with Crippen LogP contribution in [0.5, 0.6) is 5.75 Å². The lowest BCUT2D eigenvalue weighted by Crippen LogP contribution is -1.95. The number of hydrogen-bond donors (Lipinski definition) is 0. The molecule has 3 aromatic rings. The fourth-order valence-electron chi connectivity index (χ4n) is 1.94. The Morgan fingerprint density at radius 2 is 1.85 bits per heavy atom. The van der Waals surface area contributed by atoms with Crippen molar-refractivity contribution in [2.45, 2.75) is 6.61 Å². The first kappa shape index (κ1) is 12.9. The van der Waals surface area contributed by atoms with Gasteiger partial charge in [0.25, 0.3) is 0 Å². The van der Waals surface area contributed by atoms with Crippen LogP contribution in [-0.4, -0.2) is 4.98 Å². The predicted molar refractivity (Wildman–Crippen MR) is 77.5 cm³/mol. The van der Waals surface area contributed by atoms with Gasteiger partial charge >= 0.3 is 0 Å². The van der Waals surface area contributed by atoms with Crippen LogP contribution in [0, 0.1) is 5.82 Å². The Labute approximate surface area is 120 Å². The highest BCUT2D eigenvalue weighted by atomic mass is 35.5. The molecule has 0 spiro atoms. The van der Waals surface area contributed by atoms with Crippen LogP contribution in [0.25, 0.3) is 10.9 Å². The summed E-state index contributed by atoms with van der Waals surface area (Å²) >= 11 is 5.65. The predicted octanol–water partition coefficient (Wildman–Crippen LogP) is 4.61. The molecule has 0 bridgehead atoms. The summed E-state index contributed by atoms with van der Waals surface area (Å²) in [5, 5.41) is 0.549. The van der Waals surface area contributed by atoms with Crippen LogP contribution >= 0.6 is 11.6 Å². The molecule has 3 rings (SSSR count). The van der Waals surface area contributed by atoms with Gasteiger partial charge < -0.3 is 4.74 Å². The Bertz CT molecular complexity index is 746. The summed E-state index contributed by atoms with van der Waals surface area (Å²) in [7, 11) is 0. The standard InChI is InChI=1S/C16H11ClFNO/c17-16-14(18)9-12-8-13(6-7-15(12)19-16)20-10-11-4-2-1-3-5-11/h1-9H,10H2. The zero-order valence-electron chi connectivity index (χ0n) is 10.5. The molecule has 100 valence electrons. The molecule has 0 atom stereocenters. The molecule has 2 nitrogen and oxygen atoms in total. The number of rotatable bonds is 3. The summed E-state index contributed by atoms with van der Waals surface area (Å²) in [4.78, 5) is 3.97. The molecule has 1 heterocycles. The number of hydrogen-bond acceptors (Lipinski definition) is 2. The van der Waals surface area contributed by atoms with Crippen molar-refractivity contribution in [1.82, 2.24) is 4.98 Å². The van der Waals surface area contributed by atoms with Crippen LogP contribution in [0.3, 0.4) is 0 Å². The molecular weight excluding hydrogens is 277 g/mol. The van der Waals surface area contributed by atoms with Gasteiger partial charge in [-0.3, -0.25) is 0 Å². The summed E-state index contributed by atoms with van der Waals surface area (Å²) in [6, 6.07) is 16.5. The van der Waals surface area contributed by atoms with Gasteiger partial charge in [-0.1, -0.05) is 41.9 Å². The molecule has 0 fully saturated rings. The highest BCUT2D eigenvalue weighted by molar-refractivity contribution is 6.29. The molecule has 0 aliphatic carbocycles. The van der Waals surface area contributed by atoms with E-state index in [4.69, 9.17) is 16.3 Å². The molecule has 20 heavy (non-hydrogen) atoms. The zero-order chi connectivity index (χ0) is 13.9. The Kier molecular flexibility index (Phi) is 3.52. The van der Waals surface area contributed by atoms with E-state index in [0.29, 0.717) is 23.3 Å². The average Bonchev–Trinajstić information content (AvgIpc) is 2.47. The van der Waals surface area contributed by atoms with Crippen LogP contribution in [0.15, 0.2) is 54.6 Å². The Morgan fingerprint density at radius 3 is 2.65 bits per heavy atom. The van der Waals surface area contributed by atoms with Crippen molar-refractivity contribution in [3.8, 4) is 5.75 Å². The third kappa shape index (κ3) is 2.73. The number of aromatic nitrogens is 1. The van der Waals surface area contributed by atoms with Crippen LogP contribution < -0.4 is 4.74 Å². The lowest BCUT2D eigenvalue weighted by molar-refractivity contribution is 0.306. The molecule has 1 aromatic heterocycles. The van der Waals surface area contributed by atoms with Gasteiger partial charge in [0.15, 0.2) is 11.0 Å². The molecule has 0 amide bonds. The minimum atomic E-state index is -0.528. The van der Waals surface area contributed by atoms with E-state index in [9.17, 15) is 4.39 Å². The normalized spacial score (nSPS) is 10.7. The first-order valence-electron chi connectivity index (χ1n) is 6.15. The van der Waals surface area contributed by atoms with Gasteiger partial charge in [-0.05, 0) is 29.8 Å². The highest BCUT2D eigenvalue weighted by Gasteiger charge is 2.05. The van der Waals surface area contributed by atoms with Crippen molar-refractivity contribution < 1.29 is 9.13 Å². The van der Waals surface area contributed by atoms with E-state index >= 15 is 0 Å². The largest absolute Gasteiger partial charge is 0.489 e. The minimum absolute atomic E-state index is 0.115. The van der Waals surface area contributed by atoms with Gasteiger partial charge in [-0.15, -0.1) is 0 Å². The molecule has 0 aliphatic rings. The number of benzene rings is 2. The SMILES string of the molecule is Fc1cc2cc(OCc3ccccc3)ccc2nc1Cl. The molecule has 0 saturated heterocycles. The molecule has 0 radical (unpaired) electrons. The second-order valence-electron chi connectivity index (χ2n) is 4.39. The maximum absolute atomic E-state index is 13.4. The van der Waals surface area contributed by atoms with Gasteiger partial charge in [0.05, 0.1) is 5.52 Å². The molecule has 0 unspecified atom stereocenters. The maximum atomic E-state index is 13.4. The van der Waals surface area contributed by atoms with E-state index in [1.165, 1.54) is 6.07 Å². The van der Waals surface area contributed by atoms with Crippen LogP contribution in [0.4, 0.5) is 4.39 Å². The van der Waals surface area contributed by atoms with Crippen molar-refractivity contribution in [1.29, 1.82) is 0 Å². The first-order chi connectivity index (χ1) is 9.72. The molecule has 0 saturated carbocycles. The van der Waals surface area contributed by atoms with Crippen molar-refractivity contribution in [2.75, 3.05) is 0 Å². The third-order valence-corrected chi connectivity index (χ3v) is 3.21. The van der Waals surface area contributed by atoms with E-state index in [1.54, 1.807) is 18.2 Å². The van der Waals surface area contributed by atoms with Crippen molar-refractivity contribution in [2.24, 2.45) is 0 Å². The monoisotopic (exact) mass is 287 g/mol. The zero-order valence-corrected chi connectivity index (χ0v) is 11.3. The van der Waals surface area contributed by atoms with E-state index in [2.05, 4.69) is 4.98 Å². The van der Waals surface area contributed by atoms with Gasteiger partial charge in [0.2, 0.25) is 0 Å². The van der Waals surface area contributed by atoms with E-state index in [-0.39, 0.29) is 5.15 Å². The number of halogens is 2. The van der Waals surface area contributed by atoms with Crippen molar-refractivity contribution in [3.63, 3.8) is 0 Å². The summed E-state index contributed by atoms with van der Waals surface area (Å²) in [6.45, 7) is 0.468. The Hall–Kier alpha value is -2.13. The number of fused-ring (bicyclic) bond motifs is 1. The van der Waals surface area contributed by atoms with Gasteiger partial charge in [0, 0.05) is 5.39 Å². The fourth-order valence-corrected chi connectivity index (χ4v) is 2.08. The van der Waals surface area contributed by atoms with Gasteiger partial charge in [-0.25, -0.2) is 9.37 Å². The summed E-state index contributed by atoms with van der Waals surface area (Å²) in [6.07, 6.45) is 0. The summed E-state index contributed by atoms with van der Waals surface area (Å²) < 4.78 is 19.1. The molecule has 4 heteroatoms. The van der Waals surface area contributed by atoms with E-state index < -0.39 is 5.82 Å². The highest BCUT2D eigenvalue weighted by Crippen LogP contribution is 2.24. The van der Waals surface area contributed by atoms with Crippen LogP contribution in [0.1, 0.15) is 5.56 Å². The molecular formula is C16H11ClFNO. The van der Waals surface area contributed by atoms with Gasteiger partial charge in [0.1, 0.15) is 12.4 Å². The summed E-state index contributed by atoms with van der Waals surface area (Å²) in [5.74, 6) is 0.143. The number of nitrogens with zero attached hydrogens (tertiary/aromatic N) is 1.